The van der Waals surface area contributed by atoms with Crippen molar-refractivity contribution < 1.29 is 13.6 Å². The maximum atomic E-state index is 14.3. The van der Waals surface area contributed by atoms with Crippen LogP contribution in [0.15, 0.2) is 42.5 Å². The summed E-state index contributed by atoms with van der Waals surface area (Å²) in [5.41, 5.74) is 6.84. The van der Waals surface area contributed by atoms with E-state index in [1.807, 2.05) is 24.3 Å². The van der Waals surface area contributed by atoms with Crippen LogP contribution < -0.4 is 11.1 Å². The number of hydrogen-bond acceptors (Lipinski definition) is 2. The van der Waals surface area contributed by atoms with Crippen LogP contribution in [-0.4, -0.2) is 12.5 Å². The molecule has 0 saturated heterocycles. The minimum atomic E-state index is -0.919. The van der Waals surface area contributed by atoms with Crippen molar-refractivity contribution in [2.75, 3.05) is 6.54 Å². The van der Waals surface area contributed by atoms with Gasteiger partial charge in [0.1, 0.15) is 11.6 Å². The van der Waals surface area contributed by atoms with Gasteiger partial charge in [0.05, 0.1) is 12.1 Å². The fourth-order valence-corrected chi connectivity index (χ4v) is 3.16. The Morgan fingerprint density at radius 1 is 1.13 bits per heavy atom. The van der Waals surface area contributed by atoms with Crippen molar-refractivity contribution in [2.24, 2.45) is 5.73 Å². The Labute approximate surface area is 139 Å². The molecule has 6 heteroatoms. The predicted molar refractivity (Wildman–Crippen MR) is 86.3 cm³/mol. The first-order chi connectivity index (χ1) is 10.5. The topological polar surface area (TPSA) is 55.1 Å². The van der Waals surface area contributed by atoms with E-state index in [9.17, 15) is 13.6 Å². The van der Waals surface area contributed by atoms with Gasteiger partial charge in [-0.2, -0.15) is 0 Å². The van der Waals surface area contributed by atoms with Gasteiger partial charge in [0.2, 0.25) is 5.91 Å². The first-order valence-electron chi connectivity index (χ1n) is 7.07. The molecule has 0 radical (unpaired) electrons. The number of amides is 1. The summed E-state index contributed by atoms with van der Waals surface area (Å²) in [5.74, 6) is -1.67. The quantitative estimate of drug-likeness (QED) is 0.903. The average molecular weight is 339 g/mol. The first kappa shape index (κ1) is 17.4. The van der Waals surface area contributed by atoms with E-state index in [0.29, 0.717) is 12.8 Å². The molecule has 23 heavy (non-hydrogen) atoms. The monoisotopic (exact) mass is 338 g/mol. The molecule has 1 aliphatic rings. The molecule has 3 nitrogen and oxygen atoms in total. The van der Waals surface area contributed by atoms with Gasteiger partial charge in [-0.15, -0.1) is 12.4 Å². The van der Waals surface area contributed by atoms with Gasteiger partial charge >= 0.3 is 0 Å². The van der Waals surface area contributed by atoms with Gasteiger partial charge in [0, 0.05) is 24.5 Å². The summed E-state index contributed by atoms with van der Waals surface area (Å²) >= 11 is 0. The van der Waals surface area contributed by atoms with Crippen LogP contribution in [0, 0.1) is 11.6 Å². The van der Waals surface area contributed by atoms with E-state index in [2.05, 4.69) is 5.32 Å². The number of carbonyl (C=O) groups is 1. The van der Waals surface area contributed by atoms with Gasteiger partial charge in [-0.1, -0.05) is 30.3 Å². The Morgan fingerprint density at radius 2 is 1.74 bits per heavy atom. The van der Waals surface area contributed by atoms with Crippen LogP contribution in [0.1, 0.15) is 16.7 Å². The summed E-state index contributed by atoms with van der Waals surface area (Å²) in [6.07, 6.45) is 0.912. The summed E-state index contributed by atoms with van der Waals surface area (Å²) in [5, 5.41) is 2.84. The van der Waals surface area contributed by atoms with Crippen molar-refractivity contribution in [3.63, 3.8) is 0 Å². The van der Waals surface area contributed by atoms with Crippen LogP contribution in [0.5, 0.6) is 0 Å². The highest BCUT2D eigenvalue weighted by molar-refractivity contribution is 5.85. The fraction of sp³-hybridized carbons (Fsp3) is 0.235. The van der Waals surface area contributed by atoms with Crippen LogP contribution in [-0.2, 0) is 23.2 Å². The molecular weight excluding hydrogens is 322 g/mol. The van der Waals surface area contributed by atoms with E-state index in [1.54, 1.807) is 0 Å². The molecule has 0 heterocycles. The lowest BCUT2D eigenvalue weighted by Gasteiger charge is -2.31. The van der Waals surface area contributed by atoms with E-state index >= 15 is 0 Å². The highest BCUT2D eigenvalue weighted by Gasteiger charge is 2.41. The smallest absolute Gasteiger partial charge is 0.234 e. The molecule has 0 bridgehead atoms. The third-order valence-corrected chi connectivity index (χ3v) is 4.11. The number of benzene rings is 2. The number of nitrogens with one attached hydrogen (secondary N) is 1. The zero-order valence-corrected chi connectivity index (χ0v) is 13.1. The third kappa shape index (κ3) is 3.21. The van der Waals surface area contributed by atoms with E-state index in [4.69, 9.17) is 5.73 Å². The lowest BCUT2D eigenvalue weighted by molar-refractivity contribution is -0.121. The molecule has 122 valence electrons. The molecule has 0 saturated carbocycles. The molecule has 0 aromatic heterocycles. The molecule has 3 rings (SSSR count). The number of halogens is 3. The Balaban J connectivity index is 0.00000192. The average Bonchev–Trinajstić information content (AvgIpc) is 2.85. The van der Waals surface area contributed by atoms with Crippen LogP contribution in [0.4, 0.5) is 8.78 Å². The molecule has 1 aliphatic carbocycles. The normalized spacial score (nSPS) is 14.7. The maximum absolute atomic E-state index is 14.3. The second kappa shape index (κ2) is 6.64. The lowest BCUT2D eigenvalue weighted by atomic mass is 9.86. The third-order valence-electron chi connectivity index (χ3n) is 4.11. The summed E-state index contributed by atoms with van der Waals surface area (Å²) in [7, 11) is 0. The van der Waals surface area contributed by atoms with E-state index in [1.165, 1.54) is 12.1 Å². The standard InChI is InChI=1S/C17H16F2N2O.ClH/c18-13-5-6-14(15(19)7-13)17(21-16(22)10-20)8-11-3-1-2-4-12(11)9-17;/h1-7H,8-10,20H2,(H,21,22);1H. The van der Waals surface area contributed by atoms with Crippen molar-refractivity contribution in [1.29, 1.82) is 0 Å². The van der Waals surface area contributed by atoms with Crippen molar-refractivity contribution in [1.82, 2.24) is 5.32 Å². The van der Waals surface area contributed by atoms with Gasteiger partial charge in [0.15, 0.2) is 0 Å². The van der Waals surface area contributed by atoms with Gasteiger partial charge < -0.3 is 11.1 Å². The molecule has 0 aliphatic heterocycles. The maximum Gasteiger partial charge on any atom is 0.234 e. The Morgan fingerprint density at radius 3 is 2.26 bits per heavy atom. The van der Waals surface area contributed by atoms with E-state index in [0.717, 1.165) is 17.2 Å². The second-order valence-electron chi connectivity index (χ2n) is 5.58. The molecule has 2 aromatic rings. The summed E-state index contributed by atoms with van der Waals surface area (Å²) in [6.45, 7) is -0.180. The van der Waals surface area contributed by atoms with Gasteiger partial charge in [0.25, 0.3) is 0 Å². The Kier molecular flexibility index (Phi) is 5.02. The van der Waals surface area contributed by atoms with Gasteiger partial charge in [-0.25, -0.2) is 8.78 Å². The predicted octanol–water partition coefficient (Wildman–Crippen LogP) is 2.46. The highest BCUT2D eigenvalue weighted by atomic mass is 35.5. The summed E-state index contributed by atoms with van der Waals surface area (Å²) in [4.78, 5) is 11.8. The zero-order valence-electron chi connectivity index (χ0n) is 12.3. The van der Waals surface area contributed by atoms with Crippen LogP contribution in [0.3, 0.4) is 0 Å². The number of hydrogen-bond donors (Lipinski definition) is 2. The highest BCUT2D eigenvalue weighted by Crippen LogP contribution is 2.39. The molecule has 3 N–H and O–H groups in total. The van der Waals surface area contributed by atoms with Crippen molar-refractivity contribution >= 4 is 18.3 Å². The summed E-state index contributed by atoms with van der Waals surface area (Å²) < 4.78 is 27.5. The molecule has 1 amide bonds. The molecule has 0 spiro atoms. The van der Waals surface area contributed by atoms with Gasteiger partial charge in [-0.3, -0.25) is 4.79 Å². The Bertz CT molecular complexity index is 711. The van der Waals surface area contributed by atoms with Crippen molar-refractivity contribution in [3.05, 3.63) is 70.8 Å². The number of rotatable bonds is 3. The largest absolute Gasteiger partial charge is 0.345 e. The van der Waals surface area contributed by atoms with Crippen molar-refractivity contribution in [2.45, 2.75) is 18.4 Å². The lowest BCUT2D eigenvalue weighted by Crippen LogP contribution is -2.49. The minimum Gasteiger partial charge on any atom is -0.345 e. The zero-order chi connectivity index (χ0) is 15.7. The fourth-order valence-electron chi connectivity index (χ4n) is 3.16. The summed E-state index contributed by atoms with van der Waals surface area (Å²) in [6, 6.07) is 11.2. The van der Waals surface area contributed by atoms with E-state index < -0.39 is 17.2 Å². The number of fused-ring (bicyclic) bond motifs is 1. The minimum absolute atomic E-state index is 0. The molecule has 0 atom stereocenters. The molecule has 0 unspecified atom stereocenters. The molecular formula is C17H17ClF2N2O. The van der Waals surface area contributed by atoms with Crippen LogP contribution in [0.25, 0.3) is 0 Å². The number of nitrogens with two attached hydrogens (primary N) is 1. The molecule has 2 aromatic carbocycles. The van der Waals surface area contributed by atoms with Crippen molar-refractivity contribution in [3.8, 4) is 0 Å². The van der Waals surface area contributed by atoms with Gasteiger partial charge in [-0.05, 0) is 17.2 Å². The second-order valence-corrected chi connectivity index (χ2v) is 5.58. The Hall–Kier alpha value is -1.98. The van der Waals surface area contributed by atoms with Crippen LogP contribution >= 0.6 is 12.4 Å². The molecule has 0 fully saturated rings. The number of carbonyl (C=O) groups excluding carboxylic acids is 1. The SMILES string of the molecule is Cl.NCC(=O)NC1(c2ccc(F)cc2F)Cc2ccccc2C1. The van der Waals surface area contributed by atoms with Crippen LogP contribution in [0.2, 0.25) is 0 Å². The van der Waals surface area contributed by atoms with E-state index in [-0.39, 0.29) is 30.4 Å². The first-order valence-corrected chi connectivity index (χ1v) is 7.07.